The maximum absolute atomic E-state index is 12.8. The molecule has 0 aliphatic carbocycles. The van der Waals surface area contributed by atoms with Gasteiger partial charge in [0.05, 0.1) is 6.42 Å². The molecule has 3 nitrogen and oxygen atoms in total. The van der Waals surface area contributed by atoms with E-state index in [-0.39, 0.29) is 11.7 Å². The monoisotopic (exact) mass is 278 g/mol. The Balaban J connectivity index is 1.77. The molecule has 1 aromatic carbocycles. The maximum atomic E-state index is 12.8. The normalized spacial score (nSPS) is 17.1. The van der Waals surface area contributed by atoms with Crippen LogP contribution < -0.4 is 5.32 Å². The summed E-state index contributed by atoms with van der Waals surface area (Å²) in [6.07, 6.45) is 3.90. The van der Waals surface area contributed by atoms with Crippen molar-refractivity contribution in [3.63, 3.8) is 0 Å². The first-order chi connectivity index (χ1) is 9.69. The SMILES string of the molecule is CCC(CNC(=O)Cc1ccc(F)cc1)N1CCCC1. The van der Waals surface area contributed by atoms with E-state index in [1.54, 1.807) is 12.1 Å². The number of carbonyl (C=O) groups excluding carboxylic acids is 1. The largest absolute Gasteiger partial charge is 0.354 e. The predicted octanol–water partition coefficient (Wildman–Crippen LogP) is 2.36. The minimum atomic E-state index is -0.269. The lowest BCUT2D eigenvalue weighted by atomic mass is 10.1. The molecule has 0 aromatic heterocycles. The minimum Gasteiger partial charge on any atom is -0.354 e. The Kier molecular flexibility index (Phi) is 5.53. The molecule has 1 amide bonds. The number of rotatable bonds is 6. The van der Waals surface area contributed by atoms with Gasteiger partial charge in [-0.1, -0.05) is 19.1 Å². The standard InChI is InChI=1S/C16H23FN2O/c1-2-15(19-9-3-4-10-19)12-18-16(20)11-13-5-7-14(17)8-6-13/h5-8,15H,2-4,9-12H2,1H3,(H,18,20). The molecule has 0 bridgehead atoms. The molecule has 1 heterocycles. The molecule has 4 heteroatoms. The van der Waals surface area contributed by atoms with Crippen molar-refractivity contribution in [2.75, 3.05) is 19.6 Å². The first-order valence-electron chi connectivity index (χ1n) is 7.44. The van der Waals surface area contributed by atoms with Gasteiger partial charge in [-0.05, 0) is 50.0 Å². The number of likely N-dealkylation sites (tertiary alicyclic amines) is 1. The number of nitrogens with one attached hydrogen (secondary N) is 1. The highest BCUT2D eigenvalue weighted by Gasteiger charge is 2.20. The van der Waals surface area contributed by atoms with Gasteiger partial charge in [0.25, 0.3) is 0 Å². The summed E-state index contributed by atoms with van der Waals surface area (Å²) in [6.45, 7) is 5.16. The van der Waals surface area contributed by atoms with Gasteiger partial charge in [0.1, 0.15) is 5.82 Å². The van der Waals surface area contributed by atoms with Crippen molar-refractivity contribution in [2.24, 2.45) is 0 Å². The van der Waals surface area contributed by atoms with Crippen molar-refractivity contribution in [3.05, 3.63) is 35.6 Å². The van der Waals surface area contributed by atoms with Crippen LogP contribution >= 0.6 is 0 Å². The molecule has 1 aromatic rings. The highest BCUT2D eigenvalue weighted by Crippen LogP contribution is 2.13. The highest BCUT2D eigenvalue weighted by atomic mass is 19.1. The summed E-state index contributed by atoms with van der Waals surface area (Å²) in [6, 6.07) is 6.54. The molecular weight excluding hydrogens is 255 g/mol. The van der Waals surface area contributed by atoms with Gasteiger partial charge in [-0.15, -0.1) is 0 Å². The average Bonchev–Trinajstić information content (AvgIpc) is 2.96. The van der Waals surface area contributed by atoms with Crippen LogP contribution in [0.2, 0.25) is 0 Å². The predicted molar refractivity (Wildman–Crippen MR) is 78.0 cm³/mol. The summed E-state index contributed by atoms with van der Waals surface area (Å²) in [7, 11) is 0. The number of nitrogens with zero attached hydrogens (tertiary/aromatic N) is 1. The zero-order valence-electron chi connectivity index (χ0n) is 12.1. The third-order valence-corrected chi connectivity index (χ3v) is 3.94. The van der Waals surface area contributed by atoms with E-state index >= 15 is 0 Å². The van der Waals surface area contributed by atoms with Crippen molar-refractivity contribution >= 4 is 5.91 Å². The van der Waals surface area contributed by atoms with Crippen molar-refractivity contribution in [2.45, 2.75) is 38.6 Å². The molecule has 1 aliphatic heterocycles. The van der Waals surface area contributed by atoms with E-state index in [4.69, 9.17) is 0 Å². The average molecular weight is 278 g/mol. The summed E-state index contributed by atoms with van der Waals surface area (Å²) >= 11 is 0. The van der Waals surface area contributed by atoms with E-state index in [0.29, 0.717) is 19.0 Å². The summed E-state index contributed by atoms with van der Waals surface area (Å²) in [5, 5.41) is 3.00. The minimum absolute atomic E-state index is 0.00857. The van der Waals surface area contributed by atoms with Gasteiger partial charge in [-0.2, -0.15) is 0 Å². The molecule has 0 spiro atoms. The summed E-state index contributed by atoms with van der Waals surface area (Å²) in [5.41, 5.74) is 0.845. The Bertz CT molecular complexity index is 427. The fourth-order valence-electron chi connectivity index (χ4n) is 2.72. The molecule has 0 saturated carbocycles. The number of hydrogen-bond donors (Lipinski definition) is 1. The quantitative estimate of drug-likeness (QED) is 0.866. The van der Waals surface area contributed by atoms with Crippen LogP contribution in [0.3, 0.4) is 0 Å². The molecule has 1 unspecified atom stereocenters. The van der Waals surface area contributed by atoms with Crippen LogP contribution in [0.25, 0.3) is 0 Å². The second kappa shape index (κ2) is 7.39. The van der Waals surface area contributed by atoms with Crippen LogP contribution in [0.15, 0.2) is 24.3 Å². The molecule has 1 fully saturated rings. The maximum Gasteiger partial charge on any atom is 0.224 e. The summed E-state index contributed by atoms with van der Waals surface area (Å²) < 4.78 is 12.8. The third kappa shape index (κ3) is 4.30. The van der Waals surface area contributed by atoms with Crippen LogP contribution in [0.5, 0.6) is 0 Å². The molecule has 1 saturated heterocycles. The van der Waals surface area contributed by atoms with Gasteiger partial charge >= 0.3 is 0 Å². The number of amides is 1. The zero-order valence-corrected chi connectivity index (χ0v) is 12.1. The molecule has 1 atom stereocenters. The van der Waals surface area contributed by atoms with Crippen molar-refractivity contribution < 1.29 is 9.18 Å². The Morgan fingerprint density at radius 2 is 1.95 bits per heavy atom. The van der Waals surface area contributed by atoms with E-state index < -0.39 is 0 Å². The van der Waals surface area contributed by atoms with Crippen LogP contribution in [-0.2, 0) is 11.2 Å². The van der Waals surface area contributed by atoms with E-state index in [1.165, 1.54) is 25.0 Å². The number of halogens is 1. The van der Waals surface area contributed by atoms with E-state index in [1.807, 2.05) is 0 Å². The topological polar surface area (TPSA) is 32.3 Å². The Hall–Kier alpha value is -1.42. The van der Waals surface area contributed by atoms with Gasteiger partial charge in [0.15, 0.2) is 0 Å². The van der Waals surface area contributed by atoms with Crippen LogP contribution in [0.4, 0.5) is 4.39 Å². The molecule has 20 heavy (non-hydrogen) atoms. The molecule has 1 N–H and O–H groups in total. The van der Waals surface area contributed by atoms with Crippen molar-refractivity contribution in [1.29, 1.82) is 0 Å². The fourth-order valence-corrected chi connectivity index (χ4v) is 2.72. The van der Waals surface area contributed by atoms with Gasteiger partial charge in [-0.25, -0.2) is 4.39 Å². The van der Waals surface area contributed by atoms with Crippen molar-refractivity contribution in [3.8, 4) is 0 Å². The lowest BCUT2D eigenvalue weighted by Crippen LogP contribution is -2.42. The second-order valence-corrected chi connectivity index (χ2v) is 5.41. The van der Waals surface area contributed by atoms with Gasteiger partial charge in [0, 0.05) is 12.6 Å². The highest BCUT2D eigenvalue weighted by molar-refractivity contribution is 5.78. The van der Waals surface area contributed by atoms with E-state index in [2.05, 4.69) is 17.1 Å². The van der Waals surface area contributed by atoms with Crippen LogP contribution in [0, 0.1) is 5.82 Å². The molecule has 0 radical (unpaired) electrons. The number of benzene rings is 1. The number of hydrogen-bond acceptors (Lipinski definition) is 2. The van der Waals surface area contributed by atoms with E-state index in [9.17, 15) is 9.18 Å². The Morgan fingerprint density at radius 1 is 1.30 bits per heavy atom. The van der Waals surface area contributed by atoms with Gasteiger partial charge in [-0.3, -0.25) is 9.69 Å². The lowest BCUT2D eigenvalue weighted by Gasteiger charge is -2.26. The number of carbonyl (C=O) groups is 1. The first-order valence-corrected chi connectivity index (χ1v) is 7.44. The molecular formula is C16H23FN2O. The Morgan fingerprint density at radius 3 is 2.55 bits per heavy atom. The smallest absolute Gasteiger partial charge is 0.224 e. The molecule has 2 rings (SSSR count). The lowest BCUT2D eigenvalue weighted by molar-refractivity contribution is -0.120. The van der Waals surface area contributed by atoms with Gasteiger partial charge in [0.2, 0.25) is 5.91 Å². The molecule has 110 valence electrons. The summed E-state index contributed by atoms with van der Waals surface area (Å²) in [4.78, 5) is 14.4. The third-order valence-electron chi connectivity index (χ3n) is 3.94. The first kappa shape index (κ1) is 15.0. The van der Waals surface area contributed by atoms with Crippen LogP contribution in [-0.4, -0.2) is 36.5 Å². The van der Waals surface area contributed by atoms with Crippen LogP contribution in [0.1, 0.15) is 31.7 Å². The fraction of sp³-hybridized carbons (Fsp3) is 0.562. The second-order valence-electron chi connectivity index (χ2n) is 5.41. The summed E-state index contributed by atoms with van der Waals surface area (Å²) in [5.74, 6) is -0.261. The molecule has 1 aliphatic rings. The van der Waals surface area contributed by atoms with Gasteiger partial charge < -0.3 is 5.32 Å². The van der Waals surface area contributed by atoms with Crippen molar-refractivity contribution in [1.82, 2.24) is 10.2 Å². The van der Waals surface area contributed by atoms with E-state index in [0.717, 1.165) is 25.1 Å². The zero-order chi connectivity index (χ0) is 14.4. The Labute approximate surface area is 120 Å².